The van der Waals surface area contributed by atoms with Gasteiger partial charge in [0.15, 0.2) is 0 Å². The number of nitrogens with zero attached hydrogens (tertiary/aromatic N) is 3. The van der Waals surface area contributed by atoms with Crippen molar-refractivity contribution in [3.63, 3.8) is 0 Å². The molecule has 0 radical (unpaired) electrons. The summed E-state index contributed by atoms with van der Waals surface area (Å²) >= 11 is 13.4. The maximum absolute atomic E-state index is 13.2. The number of sulfonamides is 1. The van der Waals surface area contributed by atoms with E-state index in [1.165, 1.54) is 15.6 Å². The molecule has 2 aromatic carbocycles. The van der Waals surface area contributed by atoms with E-state index in [1.807, 2.05) is 25.3 Å². The molecule has 2 heterocycles. The molecule has 0 bridgehead atoms. The van der Waals surface area contributed by atoms with E-state index in [2.05, 4.69) is 15.5 Å². The summed E-state index contributed by atoms with van der Waals surface area (Å²) in [5.41, 5.74) is 4.96. The maximum Gasteiger partial charge on any atom is 0.243 e. The average molecular weight is 525 g/mol. The molecule has 7 nitrogen and oxygen atoms in total. The fourth-order valence-corrected chi connectivity index (χ4v) is 6.28. The molecule has 3 aromatic rings. The molecule has 11 heteroatoms. The molecule has 1 fully saturated rings. The van der Waals surface area contributed by atoms with Gasteiger partial charge in [-0.1, -0.05) is 41.4 Å². The van der Waals surface area contributed by atoms with E-state index in [9.17, 15) is 8.42 Å². The monoisotopic (exact) mass is 524 g/mol. The summed E-state index contributed by atoms with van der Waals surface area (Å²) in [6, 6.07) is 12.0. The molecule has 0 saturated carbocycles. The molecular formula is C22H22Cl2N4O3S2. The van der Waals surface area contributed by atoms with Gasteiger partial charge in [-0.3, -0.25) is 5.43 Å². The molecule has 174 valence electrons. The third-order valence-electron chi connectivity index (χ3n) is 4.98. The number of morpholine rings is 1. The summed E-state index contributed by atoms with van der Waals surface area (Å²) in [6.07, 6.45) is 1.28. The quantitative estimate of drug-likeness (QED) is 0.346. The van der Waals surface area contributed by atoms with E-state index >= 15 is 0 Å². The zero-order valence-corrected chi connectivity index (χ0v) is 21.0. The third-order valence-corrected chi connectivity index (χ3v) is 8.12. The smallest absolute Gasteiger partial charge is 0.243 e. The first-order valence-electron chi connectivity index (χ1n) is 10.2. The first-order valence-corrected chi connectivity index (χ1v) is 13.3. The number of anilines is 1. The molecule has 0 amide bonds. The Kier molecular flexibility index (Phi) is 7.37. The van der Waals surface area contributed by atoms with Crippen LogP contribution < -0.4 is 5.43 Å². The number of aromatic nitrogens is 1. The lowest BCUT2D eigenvalue weighted by atomic mass is 10.2. The van der Waals surface area contributed by atoms with Crippen molar-refractivity contribution in [1.29, 1.82) is 0 Å². The fourth-order valence-electron chi connectivity index (χ4n) is 3.51. The second-order valence-electron chi connectivity index (χ2n) is 7.68. The minimum Gasteiger partial charge on any atom is -0.373 e. The fraction of sp³-hybridized carbons (Fsp3) is 0.273. The van der Waals surface area contributed by atoms with Crippen LogP contribution in [0.2, 0.25) is 10.0 Å². The van der Waals surface area contributed by atoms with Crippen LogP contribution in [-0.2, 0) is 14.8 Å². The summed E-state index contributed by atoms with van der Waals surface area (Å²) in [5, 5.41) is 7.63. The van der Waals surface area contributed by atoms with Crippen LogP contribution in [0.4, 0.5) is 5.13 Å². The number of halogens is 2. The average Bonchev–Trinajstić information content (AvgIpc) is 3.24. The van der Waals surface area contributed by atoms with Crippen LogP contribution in [0.1, 0.15) is 19.4 Å². The lowest BCUT2D eigenvalue weighted by Gasteiger charge is -2.34. The van der Waals surface area contributed by atoms with Crippen molar-refractivity contribution < 1.29 is 13.2 Å². The molecule has 1 saturated heterocycles. The Balaban J connectivity index is 1.49. The molecule has 0 aliphatic carbocycles. The van der Waals surface area contributed by atoms with E-state index in [0.717, 1.165) is 5.56 Å². The minimum absolute atomic E-state index is 0.151. The number of nitrogens with one attached hydrogen (secondary N) is 1. The van der Waals surface area contributed by atoms with Gasteiger partial charge in [0.25, 0.3) is 0 Å². The van der Waals surface area contributed by atoms with Crippen LogP contribution in [0, 0.1) is 0 Å². The predicted octanol–water partition coefficient (Wildman–Crippen LogP) is 5.36. The molecule has 1 aromatic heterocycles. The number of hydrogen-bond donors (Lipinski definition) is 1. The van der Waals surface area contributed by atoms with Crippen LogP contribution in [0.25, 0.3) is 11.3 Å². The van der Waals surface area contributed by atoms with Gasteiger partial charge in [0.05, 0.1) is 34.0 Å². The van der Waals surface area contributed by atoms with Crippen LogP contribution in [0.15, 0.2) is 57.8 Å². The summed E-state index contributed by atoms with van der Waals surface area (Å²) in [5.74, 6) is 0. The SMILES string of the molecule is CC1CN(S(=O)(=O)c2cccc(-c3csc(N/N=C/c4ccc(Cl)cc4Cl)n3)c2)CC(C)O1. The molecule has 33 heavy (non-hydrogen) atoms. The molecule has 1 aliphatic rings. The van der Waals surface area contributed by atoms with Crippen molar-refractivity contribution in [3.8, 4) is 11.3 Å². The highest BCUT2D eigenvalue weighted by molar-refractivity contribution is 7.89. The van der Waals surface area contributed by atoms with Gasteiger partial charge in [-0.25, -0.2) is 13.4 Å². The largest absolute Gasteiger partial charge is 0.373 e. The van der Waals surface area contributed by atoms with Gasteiger partial charge in [0.1, 0.15) is 0 Å². The first-order chi connectivity index (χ1) is 15.7. The molecule has 0 spiro atoms. The number of rotatable bonds is 6. The lowest BCUT2D eigenvalue weighted by Crippen LogP contribution is -2.48. The highest BCUT2D eigenvalue weighted by atomic mass is 35.5. The van der Waals surface area contributed by atoms with Crippen LogP contribution in [0.3, 0.4) is 0 Å². The molecule has 1 aliphatic heterocycles. The second kappa shape index (κ2) is 10.1. The second-order valence-corrected chi connectivity index (χ2v) is 11.3. The number of hydrogen-bond acceptors (Lipinski definition) is 7. The van der Waals surface area contributed by atoms with Crippen molar-refractivity contribution in [2.45, 2.75) is 31.0 Å². The maximum atomic E-state index is 13.2. The Morgan fingerprint density at radius 2 is 1.94 bits per heavy atom. The van der Waals surface area contributed by atoms with Crippen molar-refractivity contribution >= 4 is 55.9 Å². The molecule has 2 atom stereocenters. The van der Waals surface area contributed by atoms with Gasteiger partial charge in [0.2, 0.25) is 15.2 Å². The summed E-state index contributed by atoms with van der Waals surface area (Å²) in [4.78, 5) is 4.75. The lowest BCUT2D eigenvalue weighted by molar-refractivity contribution is -0.0440. The number of ether oxygens (including phenoxy) is 1. The van der Waals surface area contributed by atoms with E-state index < -0.39 is 10.0 Å². The van der Waals surface area contributed by atoms with Gasteiger partial charge in [0, 0.05) is 34.6 Å². The van der Waals surface area contributed by atoms with Crippen molar-refractivity contribution in [1.82, 2.24) is 9.29 Å². The number of hydrazone groups is 1. The van der Waals surface area contributed by atoms with Crippen LogP contribution in [0.5, 0.6) is 0 Å². The topological polar surface area (TPSA) is 83.9 Å². The summed E-state index contributed by atoms with van der Waals surface area (Å²) in [7, 11) is -3.64. The van der Waals surface area contributed by atoms with Crippen molar-refractivity contribution in [3.05, 3.63) is 63.5 Å². The van der Waals surface area contributed by atoms with Crippen molar-refractivity contribution in [2.24, 2.45) is 5.10 Å². The first kappa shape index (κ1) is 24.1. The number of thiazole rings is 1. The Morgan fingerprint density at radius 3 is 2.67 bits per heavy atom. The minimum atomic E-state index is -3.64. The highest BCUT2D eigenvalue weighted by Gasteiger charge is 2.32. The Bertz CT molecular complexity index is 1270. The standard InChI is InChI=1S/C22H22Cl2N4O3S2/c1-14-11-28(12-15(2)31-14)33(29,30)19-5-3-4-16(8-19)21-13-32-22(26-21)27-25-10-17-6-7-18(23)9-20(17)24/h3-10,13-15H,11-12H2,1-2H3,(H,26,27)/b25-10+. The van der Waals surface area contributed by atoms with E-state index in [0.29, 0.717) is 39.5 Å². The Hall–Kier alpha value is -2.01. The van der Waals surface area contributed by atoms with Gasteiger partial charge in [-0.05, 0) is 38.1 Å². The van der Waals surface area contributed by atoms with E-state index in [-0.39, 0.29) is 17.1 Å². The molecule has 4 rings (SSSR count). The highest BCUT2D eigenvalue weighted by Crippen LogP contribution is 2.29. The Labute approximate surface area is 207 Å². The summed E-state index contributed by atoms with van der Waals surface area (Å²) in [6.45, 7) is 4.41. The zero-order chi connectivity index (χ0) is 23.6. The van der Waals surface area contributed by atoms with E-state index in [1.54, 1.807) is 42.6 Å². The van der Waals surface area contributed by atoms with Gasteiger partial charge < -0.3 is 4.74 Å². The molecule has 2 unspecified atom stereocenters. The third kappa shape index (κ3) is 5.74. The van der Waals surface area contributed by atoms with Crippen molar-refractivity contribution in [2.75, 3.05) is 18.5 Å². The predicted molar refractivity (Wildman–Crippen MR) is 134 cm³/mol. The van der Waals surface area contributed by atoms with Crippen LogP contribution >= 0.6 is 34.5 Å². The normalized spacial score (nSPS) is 19.8. The van der Waals surface area contributed by atoms with Gasteiger partial charge in [-0.2, -0.15) is 9.41 Å². The molecular weight excluding hydrogens is 503 g/mol. The zero-order valence-electron chi connectivity index (χ0n) is 17.9. The summed E-state index contributed by atoms with van der Waals surface area (Å²) < 4.78 is 33.5. The number of benzene rings is 2. The van der Waals surface area contributed by atoms with Crippen LogP contribution in [-0.4, -0.2) is 49.2 Å². The van der Waals surface area contributed by atoms with Gasteiger partial charge >= 0.3 is 0 Å². The van der Waals surface area contributed by atoms with Gasteiger partial charge in [-0.15, -0.1) is 11.3 Å². The Morgan fingerprint density at radius 1 is 1.18 bits per heavy atom. The van der Waals surface area contributed by atoms with E-state index in [4.69, 9.17) is 27.9 Å². The molecule has 1 N–H and O–H groups in total.